The van der Waals surface area contributed by atoms with E-state index in [4.69, 9.17) is 9.16 Å². The van der Waals surface area contributed by atoms with Gasteiger partial charge in [-0.15, -0.1) is 0 Å². The van der Waals surface area contributed by atoms with Crippen LogP contribution in [0.5, 0.6) is 11.5 Å². The zero-order valence-corrected chi connectivity index (χ0v) is 22.5. The highest BCUT2D eigenvalue weighted by atomic mass is 28.4. The Bertz CT molecular complexity index is 687. The highest BCUT2D eigenvalue weighted by Crippen LogP contribution is 2.42. The van der Waals surface area contributed by atoms with E-state index >= 15 is 0 Å². The first-order valence-electron chi connectivity index (χ1n) is 12.3. The van der Waals surface area contributed by atoms with Crippen molar-refractivity contribution in [2.75, 3.05) is 0 Å². The molecule has 0 heterocycles. The zero-order chi connectivity index (χ0) is 22.7. The summed E-state index contributed by atoms with van der Waals surface area (Å²) in [6.45, 7) is 23.2. The summed E-state index contributed by atoms with van der Waals surface area (Å²) in [6.07, 6.45) is 7.58. The quantitative estimate of drug-likeness (QED) is 0.383. The highest BCUT2D eigenvalue weighted by Gasteiger charge is 2.40. The smallest absolute Gasteiger partial charge is 0.250 e. The third kappa shape index (κ3) is 6.28. The fraction of sp³-hybridized carbons (Fsp3) is 0.778. The Hall–Kier alpha value is -0.963. The largest absolute Gasteiger partial charge is 0.543 e. The van der Waals surface area contributed by atoms with Gasteiger partial charge in [-0.05, 0) is 91.8 Å². The molecule has 1 aromatic rings. The Labute approximate surface area is 188 Å². The van der Waals surface area contributed by atoms with Crippen LogP contribution in [-0.2, 0) is 6.42 Å². The molecule has 1 aromatic carbocycles. The molecule has 3 atom stereocenters. The van der Waals surface area contributed by atoms with Crippen molar-refractivity contribution in [2.45, 2.75) is 118 Å². The second-order valence-electron chi connectivity index (χ2n) is 11.7. The molecule has 2 nitrogen and oxygen atoms in total. The summed E-state index contributed by atoms with van der Waals surface area (Å²) in [5.74, 6) is 4.26. The molecule has 30 heavy (non-hydrogen) atoms. The van der Waals surface area contributed by atoms with Crippen molar-refractivity contribution < 1.29 is 9.16 Å². The lowest BCUT2D eigenvalue weighted by Crippen LogP contribution is -2.44. The number of hydrogen-bond donors (Lipinski definition) is 0. The molecule has 0 aromatic heterocycles. The second kappa shape index (κ2) is 10.1. The van der Waals surface area contributed by atoms with E-state index in [1.165, 1.54) is 43.2 Å². The Morgan fingerprint density at radius 1 is 1.13 bits per heavy atom. The van der Waals surface area contributed by atoms with E-state index in [-0.39, 0.29) is 5.04 Å². The predicted molar refractivity (Wildman–Crippen MR) is 133 cm³/mol. The van der Waals surface area contributed by atoms with E-state index in [2.05, 4.69) is 80.6 Å². The number of unbranched alkanes of at least 4 members (excludes halogenated alkanes) is 1. The van der Waals surface area contributed by atoms with E-state index in [0.717, 1.165) is 23.8 Å². The molecule has 0 N–H and O–H groups in total. The number of rotatable bonds is 8. The van der Waals surface area contributed by atoms with Crippen LogP contribution in [0.2, 0.25) is 18.1 Å². The SMILES string of the molecule is CCCCc1cc(O[C@H]2C[C@@H](C)CC[C@@H]2C(C)C)cc(C)c1O[Si](C)(C)C(C)(C)C. The van der Waals surface area contributed by atoms with Crippen molar-refractivity contribution in [1.82, 2.24) is 0 Å². The summed E-state index contributed by atoms with van der Waals surface area (Å²) in [5.41, 5.74) is 2.56. The maximum atomic E-state index is 6.83. The first-order chi connectivity index (χ1) is 13.9. The number of aryl methyl sites for hydroxylation is 2. The fourth-order valence-electron chi connectivity index (χ4n) is 4.41. The van der Waals surface area contributed by atoms with Crippen molar-refractivity contribution >= 4 is 8.32 Å². The molecule has 172 valence electrons. The predicted octanol–water partition coefficient (Wildman–Crippen LogP) is 8.56. The van der Waals surface area contributed by atoms with Crippen molar-refractivity contribution in [3.8, 4) is 11.5 Å². The molecule has 1 aliphatic rings. The van der Waals surface area contributed by atoms with Gasteiger partial charge in [0.15, 0.2) is 0 Å². The van der Waals surface area contributed by atoms with Gasteiger partial charge in [-0.25, -0.2) is 0 Å². The molecule has 2 rings (SSSR count). The van der Waals surface area contributed by atoms with Crippen LogP contribution in [0.3, 0.4) is 0 Å². The first-order valence-corrected chi connectivity index (χ1v) is 15.3. The molecule has 1 fully saturated rings. The minimum absolute atomic E-state index is 0.194. The van der Waals surface area contributed by atoms with E-state index in [0.29, 0.717) is 17.9 Å². The molecule has 0 bridgehead atoms. The average molecular weight is 433 g/mol. The third-order valence-corrected chi connectivity index (χ3v) is 11.9. The van der Waals surface area contributed by atoms with Gasteiger partial charge in [0.05, 0.1) is 0 Å². The normalized spacial score (nSPS) is 23.0. The Morgan fingerprint density at radius 2 is 1.80 bits per heavy atom. The summed E-state index contributed by atoms with van der Waals surface area (Å²) in [7, 11) is -1.88. The summed E-state index contributed by atoms with van der Waals surface area (Å²) >= 11 is 0. The van der Waals surface area contributed by atoms with Crippen LogP contribution in [0.15, 0.2) is 12.1 Å². The van der Waals surface area contributed by atoms with Gasteiger partial charge in [0, 0.05) is 0 Å². The lowest BCUT2D eigenvalue weighted by atomic mass is 9.75. The molecule has 0 saturated heterocycles. The highest BCUT2D eigenvalue weighted by molar-refractivity contribution is 6.74. The van der Waals surface area contributed by atoms with Gasteiger partial charge in [0.25, 0.3) is 8.32 Å². The van der Waals surface area contributed by atoms with Crippen LogP contribution in [-0.4, -0.2) is 14.4 Å². The van der Waals surface area contributed by atoms with Crippen LogP contribution < -0.4 is 9.16 Å². The summed E-state index contributed by atoms with van der Waals surface area (Å²) in [4.78, 5) is 0. The van der Waals surface area contributed by atoms with Crippen LogP contribution in [0.4, 0.5) is 0 Å². The van der Waals surface area contributed by atoms with Crippen molar-refractivity contribution in [1.29, 1.82) is 0 Å². The standard InChI is InChI=1S/C27H48O2Si/c1-11-12-13-22-18-23(28-25-16-20(4)14-15-24(25)19(2)3)17-21(5)26(22)29-30(9,10)27(6,7)8/h17-20,24-25H,11-16H2,1-10H3/t20-,24+,25-/m0/s1. The van der Waals surface area contributed by atoms with Gasteiger partial charge < -0.3 is 9.16 Å². The van der Waals surface area contributed by atoms with Gasteiger partial charge in [0.1, 0.15) is 17.6 Å². The molecule has 0 unspecified atom stereocenters. The lowest BCUT2D eigenvalue weighted by Gasteiger charge is -2.38. The van der Waals surface area contributed by atoms with Crippen LogP contribution >= 0.6 is 0 Å². The third-order valence-electron chi connectivity index (χ3n) is 7.54. The van der Waals surface area contributed by atoms with E-state index < -0.39 is 8.32 Å². The topological polar surface area (TPSA) is 18.5 Å². The van der Waals surface area contributed by atoms with E-state index in [1.54, 1.807) is 0 Å². The monoisotopic (exact) mass is 432 g/mol. The lowest BCUT2D eigenvalue weighted by molar-refractivity contribution is 0.0459. The Balaban J connectivity index is 2.35. The van der Waals surface area contributed by atoms with E-state index in [1.807, 2.05) is 0 Å². The molecule has 0 spiro atoms. The summed E-state index contributed by atoms with van der Waals surface area (Å²) < 4.78 is 13.5. The van der Waals surface area contributed by atoms with Gasteiger partial charge >= 0.3 is 0 Å². The van der Waals surface area contributed by atoms with Gasteiger partial charge in [-0.1, -0.05) is 61.3 Å². The minimum Gasteiger partial charge on any atom is -0.543 e. The molecule has 0 radical (unpaired) electrons. The van der Waals surface area contributed by atoms with Crippen LogP contribution in [0, 0.1) is 24.7 Å². The number of ether oxygens (including phenoxy) is 1. The average Bonchev–Trinajstić information content (AvgIpc) is 2.61. The molecule has 3 heteroatoms. The Kier molecular flexibility index (Phi) is 8.52. The van der Waals surface area contributed by atoms with Crippen molar-refractivity contribution in [3.05, 3.63) is 23.3 Å². The van der Waals surface area contributed by atoms with Gasteiger partial charge in [-0.3, -0.25) is 0 Å². The molecule has 0 aliphatic heterocycles. The maximum absolute atomic E-state index is 6.83. The Morgan fingerprint density at radius 3 is 2.37 bits per heavy atom. The molecule has 1 saturated carbocycles. The van der Waals surface area contributed by atoms with E-state index in [9.17, 15) is 0 Å². The van der Waals surface area contributed by atoms with Crippen LogP contribution in [0.1, 0.15) is 91.7 Å². The maximum Gasteiger partial charge on any atom is 0.250 e. The molecule has 1 aliphatic carbocycles. The molecule has 0 amide bonds. The first kappa shape index (κ1) is 25.3. The van der Waals surface area contributed by atoms with Crippen LogP contribution in [0.25, 0.3) is 0 Å². The zero-order valence-electron chi connectivity index (χ0n) is 21.5. The molecular weight excluding hydrogens is 384 g/mol. The van der Waals surface area contributed by atoms with Crippen molar-refractivity contribution in [2.24, 2.45) is 17.8 Å². The minimum atomic E-state index is -1.88. The van der Waals surface area contributed by atoms with Gasteiger partial charge in [0.2, 0.25) is 0 Å². The molecular formula is C27H48O2Si. The fourth-order valence-corrected chi connectivity index (χ4v) is 5.52. The summed E-state index contributed by atoms with van der Waals surface area (Å²) in [6, 6.07) is 4.52. The van der Waals surface area contributed by atoms with Gasteiger partial charge in [-0.2, -0.15) is 0 Å². The summed E-state index contributed by atoms with van der Waals surface area (Å²) in [5, 5.41) is 0.194. The second-order valence-corrected chi connectivity index (χ2v) is 16.4. The number of benzene rings is 1. The van der Waals surface area contributed by atoms with Crippen molar-refractivity contribution in [3.63, 3.8) is 0 Å². The number of hydrogen-bond acceptors (Lipinski definition) is 2.